The second-order valence-corrected chi connectivity index (χ2v) is 11.5. The molecule has 0 fully saturated rings. The van der Waals surface area contributed by atoms with Crippen molar-refractivity contribution in [2.75, 3.05) is 42.1 Å². The van der Waals surface area contributed by atoms with Crippen molar-refractivity contribution < 1.29 is 14.6 Å². The van der Waals surface area contributed by atoms with E-state index in [0.717, 1.165) is 89.4 Å². The molecule has 0 bridgehead atoms. The molecule has 0 radical (unpaired) electrons. The number of aromatic hydroxyl groups is 2. The largest absolute Gasteiger partial charge is 0.508 e. The van der Waals surface area contributed by atoms with Crippen LogP contribution in [0.1, 0.15) is 48.9 Å². The number of nitrogens with zero attached hydrogens (tertiary/aromatic N) is 3. The summed E-state index contributed by atoms with van der Waals surface area (Å²) >= 11 is 0. The van der Waals surface area contributed by atoms with Gasteiger partial charge < -0.3 is 30.6 Å². The van der Waals surface area contributed by atoms with Gasteiger partial charge in [-0.1, -0.05) is 6.07 Å². The van der Waals surface area contributed by atoms with Crippen molar-refractivity contribution >= 4 is 33.8 Å². The Hall–Kier alpha value is -5.12. The summed E-state index contributed by atoms with van der Waals surface area (Å²) in [5.74, 6) is 1.05. The summed E-state index contributed by atoms with van der Waals surface area (Å²) in [7, 11) is 0. The lowest BCUT2D eigenvalue weighted by atomic mass is 10.0. The van der Waals surface area contributed by atoms with Crippen molar-refractivity contribution in [1.29, 1.82) is 0 Å². The molecule has 3 aromatic carbocycles. The molecule has 10 nitrogen and oxygen atoms in total. The van der Waals surface area contributed by atoms with E-state index in [1.54, 1.807) is 18.2 Å². The Bertz CT molecular complexity index is 1880. The number of phenols is 2. The minimum Gasteiger partial charge on any atom is -0.508 e. The molecule has 0 saturated carbocycles. The monoisotopic (exact) mass is 622 g/mol. The topological polar surface area (TPSA) is 144 Å². The number of aromatic nitrogens is 1. The van der Waals surface area contributed by atoms with E-state index in [1.807, 2.05) is 32.9 Å². The molecule has 4 aliphatic rings. The van der Waals surface area contributed by atoms with Crippen molar-refractivity contribution in [3.05, 3.63) is 87.1 Å². The number of anilines is 3. The van der Waals surface area contributed by atoms with Crippen molar-refractivity contribution in [2.45, 2.75) is 53.4 Å². The van der Waals surface area contributed by atoms with E-state index >= 15 is 0 Å². The van der Waals surface area contributed by atoms with E-state index in [9.17, 15) is 10.0 Å². The minimum atomic E-state index is -0.0865. The molecule has 1 aliphatic carbocycles. The highest BCUT2D eigenvalue weighted by Crippen LogP contribution is 2.33. The molecule has 3 aliphatic heterocycles. The number of aryl methyl sites for hydroxylation is 4. The van der Waals surface area contributed by atoms with Crippen molar-refractivity contribution in [3.8, 4) is 23.0 Å². The van der Waals surface area contributed by atoms with E-state index in [4.69, 9.17) is 14.5 Å². The van der Waals surface area contributed by atoms with Gasteiger partial charge in [0.25, 0.3) is 0 Å². The van der Waals surface area contributed by atoms with Crippen LogP contribution in [0.2, 0.25) is 0 Å². The number of benzene rings is 4. The van der Waals surface area contributed by atoms with Gasteiger partial charge in [0.15, 0.2) is 11.3 Å². The van der Waals surface area contributed by atoms with Crippen LogP contribution in [-0.4, -0.2) is 41.4 Å². The normalized spacial score (nSPS) is 13.6. The first-order chi connectivity index (χ1) is 22.3. The lowest BCUT2D eigenvalue weighted by molar-refractivity contribution is 0.475. The molecule has 7 rings (SSSR count). The molecule has 0 aromatic heterocycles. The maximum atomic E-state index is 10.2. The molecule has 0 amide bonds. The summed E-state index contributed by atoms with van der Waals surface area (Å²) < 4.78 is 6.09. The Labute approximate surface area is 268 Å². The molecule has 10 heteroatoms. The van der Waals surface area contributed by atoms with Gasteiger partial charge in [-0.05, 0) is 105 Å². The second kappa shape index (κ2) is 14.8. The quantitative estimate of drug-likeness (QED) is 0.101. The van der Waals surface area contributed by atoms with Crippen molar-refractivity contribution in [1.82, 2.24) is 4.98 Å². The Morgan fingerprint density at radius 3 is 2.35 bits per heavy atom. The number of hydrogen-bond acceptors (Lipinski definition) is 10. The van der Waals surface area contributed by atoms with Gasteiger partial charge in [-0.2, -0.15) is 0 Å². The average molecular weight is 623 g/mol. The lowest BCUT2D eigenvalue weighted by Gasteiger charge is -2.18. The number of fused-ring (bicyclic) bond motifs is 4. The summed E-state index contributed by atoms with van der Waals surface area (Å²) in [4.78, 5) is 19.5. The fourth-order valence-corrected chi connectivity index (χ4v) is 5.66. The van der Waals surface area contributed by atoms with Crippen LogP contribution in [-0.2, 0) is 12.8 Å². The zero-order chi connectivity index (χ0) is 32.6. The summed E-state index contributed by atoms with van der Waals surface area (Å²) in [6.45, 7) is 11.5. The van der Waals surface area contributed by atoms with Gasteiger partial charge in [0.1, 0.15) is 28.4 Å². The van der Waals surface area contributed by atoms with Gasteiger partial charge in [-0.15, -0.1) is 4.91 Å². The van der Waals surface area contributed by atoms with E-state index in [1.165, 1.54) is 35.7 Å². The third-order valence-corrected chi connectivity index (χ3v) is 8.01. The molecular weight excluding hydrogens is 580 g/mol. The standard InChI is InChI=1S/C18H19N3O.C9H12N2O2.C9H11NO/c1-3-19-13-9-17-15(7-11(13)2)21-16-8-12-5-4-6-20-14(12)10-18(16)22-17;1-3-10-7-5-9(12)8(11-13)4-6(7)2;11-8-4-3-7-2-1-5-10-9(7)6-8/h7-10,20H,3-6H2,1-2H3;4-5,10,12H,3H2,1-2H3;3-4,6,10-11H,1-2,5H2. The van der Waals surface area contributed by atoms with Crippen LogP contribution in [0.15, 0.2) is 69.2 Å². The SMILES string of the molecule is CCN=c1cc2oc3cc4c(cc3nc-2cc1C)CCCN4.CCNc1cc(O)c(N=O)cc1C.Oc1ccc2c(c1)NCCC2. The molecule has 0 atom stereocenters. The maximum absolute atomic E-state index is 10.2. The first kappa shape index (κ1) is 32.3. The highest BCUT2D eigenvalue weighted by molar-refractivity contribution is 5.82. The lowest BCUT2D eigenvalue weighted by Crippen LogP contribution is -2.12. The van der Waals surface area contributed by atoms with E-state index in [2.05, 4.69) is 51.2 Å². The molecule has 240 valence electrons. The number of nitrogens with one attached hydrogen (secondary N) is 3. The molecule has 0 spiro atoms. The minimum absolute atomic E-state index is 0.0825. The summed E-state index contributed by atoms with van der Waals surface area (Å²) in [6.07, 6.45) is 4.59. The smallest absolute Gasteiger partial charge is 0.155 e. The van der Waals surface area contributed by atoms with Gasteiger partial charge in [-0.3, -0.25) is 4.99 Å². The van der Waals surface area contributed by atoms with Gasteiger partial charge in [-0.25, -0.2) is 4.98 Å². The van der Waals surface area contributed by atoms with Crippen molar-refractivity contribution in [2.24, 2.45) is 10.2 Å². The number of hydrogen-bond donors (Lipinski definition) is 5. The van der Waals surface area contributed by atoms with Crippen LogP contribution in [0, 0.1) is 18.8 Å². The zero-order valence-corrected chi connectivity index (χ0v) is 26.9. The Morgan fingerprint density at radius 1 is 0.891 bits per heavy atom. The summed E-state index contributed by atoms with van der Waals surface area (Å²) in [5, 5.41) is 31.9. The maximum Gasteiger partial charge on any atom is 0.155 e. The molecular formula is C36H42N6O4. The van der Waals surface area contributed by atoms with E-state index in [-0.39, 0.29) is 11.4 Å². The molecule has 3 heterocycles. The van der Waals surface area contributed by atoms with Crippen LogP contribution in [0.5, 0.6) is 11.5 Å². The van der Waals surface area contributed by atoms with Gasteiger partial charge in [0.2, 0.25) is 0 Å². The molecule has 46 heavy (non-hydrogen) atoms. The molecule has 0 unspecified atom stereocenters. The van der Waals surface area contributed by atoms with E-state index < -0.39 is 0 Å². The summed E-state index contributed by atoms with van der Waals surface area (Å²) in [5.41, 5.74) is 10.5. The second-order valence-electron chi connectivity index (χ2n) is 11.5. The third kappa shape index (κ3) is 7.56. The van der Waals surface area contributed by atoms with Gasteiger partial charge in [0, 0.05) is 67.5 Å². The zero-order valence-electron chi connectivity index (χ0n) is 26.9. The van der Waals surface area contributed by atoms with Gasteiger partial charge in [0.05, 0.1) is 5.36 Å². The predicted molar refractivity (Wildman–Crippen MR) is 186 cm³/mol. The highest BCUT2D eigenvalue weighted by Gasteiger charge is 2.15. The van der Waals surface area contributed by atoms with Crippen molar-refractivity contribution in [3.63, 3.8) is 0 Å². The Morgan fingerprint density at radius 2 is 1.63 bits per heavy atom. The van der Waals surface area contributed by atoms with Gasteiger partial charge >= 0.3 is 0 Å². The number of nitroso groups, excluding NO2 is 1. The van der Waals surface area contributed by atoms with Crippen LogP contribution >= 0.6 is 0 Å². The Kier molecular flexibility index (Phi) is 10.4. The fraction of sp³-hybridized carbons (Fsp3) is 0.333. The molecule has 3 aromatic rings. The first-order valence-electron chi connectivity index (χ1n) is 15.9. The van der Waals surface area contributed by atoms with E-state index in [0.29, 0.717) is 5.75 Å². The van der Waals surface area contributed by atoms with Crippen LogP contribution in [0.3, 0.4) is 0 Å². The number of rotatable bonds is 4. The summed E-state index contributed by atoms with van der Waals surface area (Å²) in [6, 6.07) is 16.9. The highest BCUT2D eigenvalue weighted by atomic mass is 16.3. The average Bonchev–Trinajstić information content (AvgIpc) is 3.05. The van der Waals surface area contributed by atoms with Crippen LogP contribution in [0.4, 0.5) is 22.7 Å². The van der Waals surface area contributed by atoms with Crippen LogP contribution in [0.25, 0.3) is 22.6 Å². The van der Waals surface area contributed by atoms with Crippen LogP contribution < -0.4 is 21.3 Å². The predicted octanol–water partition coefficient (Wildman–Crippen LogP) is 7.80. The third-order valence-electron chi connectivity index (χ3n) is 8.01. The number of phenolic OH excluding ortho intramolecular Hbond substituents is 2. The first-order valence-corrected chi connectivity index (χ1v) is 15.9. The fourth-order valence-electron chi connectivity index (χ4n) is 5.66. The molecule has 0 saturated heterocycles. The Balaban J connectivity index is 0.000000148. The molecule has 5 N–H and O–H groups in total.